The van der Waals surface area contributed by atoms with Gasteiger partial charge in [0.25, 0.3) is 5.91 Å². The zero-order valence-corrected chi connectivity index (χ0v) is 12.6. The monoisotopic (exact) mass is 291 g/mol. The van der Waals surface area contributed by atoms with Crippen LogP contribution in [0.2, 0.25) is 0 Å². The summed E-state index contributed by atoms with van der Waals surface area (Å²) in [5, 5.41) is 2.98. The van der Waals surface area contributed by atoms with E-state index in [4.69, 9.17) is 18.0 Å². The predicted octanol–water partition coefficient (Wildman–Crippen LogP) is 2.35. The Hall–Kier alpha value is -1.49. The maximum atomic E-state index is 12.3. The molecule has 1 atom stereocenters. The number of nitrogens with one attached hydrogen (secondary N) is 1. The van der Waals surface area contributed by atoms with Crippen molar-refractivity contribution >= 4 is 23.1 Å². The van der Waals surface area contributed by atoms with Crippen LogP contribution in [0.3, 0.4) is 0 Å². The number of thiocarbonyl (C=S) groups is 1. The lowest BCUT2D eigenvalue weighted by Gasteiger charge is -2.30. The third-order valence-electron chi connectivity index (χ3n) is 3.85. The molecule has 1 aromatic rings. The minimum atomic E-state index is -0.210. The van der Waals surface area contributed by atoms with Gasteiger partial charge in [-0.15, -0.1) is 0 Å². The number of carbonyl (C=O) groups excluding carboxylic acids is 1. The van der Waals surface area contributed by atoms with Crippen LogP contribution >= 0.6 is 12.2 Å². The minimum Gasteiger partial charge on any atom is -0.392 e. The quantitative estimate of drug-likeness (QED) is 0.836. The largest absolute Gasteiger partial charge is 0.392 e. The number of rotatable bonds is 4. The van der Waals surface area contributed by atoms with Crippen LogP contribution in [-0.4, -0.2) is 21.9 Å². The van der Waals surface area contributed by atoms with Crippen LogP contribution in [0.4, 0.5) is 0 Å². The van der Waals surface area contributed by atoms with Crippen LogP contribution < -0.4 is 11.1 Å². The molecule has 1 aliphatic rings. The van der Waals surface area contributed by atoms with Gasteiger partial charge in [0.1, 0.15) is 0 Å². The Labute approximate surface area is 125 Å². The fourth-order valence-electron chi connectivity index (χ4n) is 2.79. The molecule has 5 heteroatoms. The average Bonchev–Trinajstić information content (AvgIpc) is 2.45. The Balaban J connectivity index is 2.07. The summed E-state index contributed by atoms with van der Waals surface area (Å²) in [7, 11) is 0. The van der Waals surface area contributed by atoms with Gasteiger partial charge in [-0.3, -0.25) is 9.78 Å². The van der Waals surface area contributed by atoms with E-state index in [0.717, 1.165) is 18.4 Å². The number of aryl methyl sites for hydroxylation is 1. The number of pyridine rings is 1. The van der Waals surface area contributed by atoms with Crippen LogP contribution in [-0.2, 0) is 0 Å². The van der Waals surface area contributed by atoms with Gasteiger partial charge in [0.15, 0.2) is 0 Å². The second-order valence-corrected chi connectivity index (χ2v) is 5.97. The summed E-state index contributed by atoms with van der Waals surface area (Å²) in [5.74, 6) is 0.215. The van der Waals surface area contributed by atoms with Gasteiger partial charge < -0.3 is 11.1 Å². The first-order valence-corrected chi connectivity index (χ1v) is 7.50. The molecule has 1 aliphatic carbocycles. The Morgan fingerprint density at radius 1 is 1.40 bits per heavy atom. The highest BCUT2D eigenvalue weighted by Gasteiger charge is 2.27. The highest BCUT2D eigenvalue weighted by atomic mass is 32.1. The standard InChI is InChI=1S/C15H21N3OS/c1-10-7-12(9-17-8-10)15(19)18-13(14(16)20)11-5-3-2-4-6-11/h7-9,11,13H,2-6H2,1H3,(H2,16,20)(H,18,19). The molecule has 0 aliphatic heterocycles. The van der Waals surface area contributed by atoms with Crippen molar-refractivity contribution in [1.82, 2.24) is 10.3 Å². The smallest absolute Gasteiger partial charge is 0.253 e. The molecule has 0 spiro atoms. The highest BCUT2D eigenvalue weighted by Crippen LogP contribution is 2.26. The summed E-state index contributed by atoms with van der Waals surface area (Å²) >= 11 is 5.14. The van der Waals surface area contributed by atoms with Crippen LogP contribution in [0, 0.1) is 12.8 Å². The van der Waals surface area contributed by atoms with Crippen LogP contribution in [0.15, 0.2) is 18.5 Å². The summed E-state index contributed by atoms with van der Waals surface area (Å²) in [5.41, 5.74) is 7.34. The van der Waals surface area contributed by atoms with Gasteiger partial charge in [0, 0.05) is 12.4 Å². The van der Waals surface area contributed by atoms with E-state index in [9.17, 15) is 4.79 Å². The molecule has 1 amide bonds. The lowest BCUT2D eigenvalue weighted by molar-refractivity contribution is 0.0931. The molecule has 1 unspecified atom stereocenters. The second kappa shape index (κ2) is 6.79. The summed E-state index contributed by atoms with van der Waals surface area (Å²) in [4.78, 5) is 16.7. The van der Waals surface area contributed by atoms with Crippen molar-refractivity contribution in [2.75, 3.05) is 0 Å². The van der Waals surface area contributed by atoms with Crippen molar-refractivity contribution < 1.29 is 4.79 Å². The third kappa shape index (κ3) is 3.76. The number of hydrogen-bond donors (Lipinski definition) is 2. The van der Waals surface area contributed by atoms with Crippen molar-refractivity contribution in [2.45, 2.75) is 45.1 Å². The number of carbonyl (C=O) groups is 1. The Kier molecular flexibility index (Phi) is 5.06. The molecule has 1 saturated carbocycles. The Morgan fingerprint density at radius 3 is 2.70 bits per heavy atom. The van der Waals surface area contributed by atoms with E-state index in [1.54, 1.807) is 12.4 Å². The topological polar surface area (TPSA) is 68.0 Å². The predicted molar refractivity (Wildman–Crippen MR) is 83.6 cm³/mol. The van der Waals surface area contributed by atoms with Gasteiger partial charge in [-0.05, 0) is 37.3 Å². The molecular formula is C15H21N3OS. The first kappa shape index (κ1) is 14.9. The Morgan fingerprint density at radius 2 is 2.10 bits per heavy atom. The first-order valence-electron chi connectivity index (χ1n) is 7.10. The molecule has 1 fully saturated rings. The summed E-state index contributed by atoms with van der Waals surface area (Å²) in [6.07, 6.45) is 9.08. The highest BCUT2D eigenvalue weighted by molar-refractivity contribution is 7.80. The summed E-state index contributed by atoms with van der Waals surface area (Å²) < 4.78 is 0. The third-order valence-corrected chi connectivity index (χ3v) is 4.11. The SMILES string of the molecule is Cc1cncc(C(=O)NC(C(N)=S)C2CCCCC2)c1. The summed E-state index contributed by atoms with van der Waals surface area (Å²) in [6, 6.07) is 1.61. The van der Waals surface area contributed by atoms with Crippen molar-refractivity contribution in [3.8, 4) is 0 Å². The van der Waals surface area contributed by atoms with Crippen LogP contribution in [0.5, 0.6) is 0 Å². The maximum absolute atomic E-state index is 12.3. The average molecular weight is 291 g/mol. The van der Waals surface area contributed by atoms with Gasteiger partial charge in [0.05, 0.1) is 16.6 Å². The lowest BCUT2D eigenvalue weighted by Crippen LogP contribution is -2.48. The molecule has 1 aromatic heterocycles. The molecule has 108 valence electrons. The molecule has 0 radical (unpaired) electrons. The van der Waals surface area contributed by atoms with Gasteiger partial charge in [-0.25, -0.2) is 0 Å². The first-order chi connectivity index (χ1) is 9.58. The molecule has 1 heterocycles. The van der Waals surface area contributed by atoms with Crippen molar-refractivity contribution in [2.24, 2.45) is 11.7 Å². The maximum Gasteiger partial charge on any atom is 0.253 e. The number of amides is 1. The van der Waals surface area contributed by atoms with Gasteiger partial charge in [-0.2, -0.15) is 0 Å². The molecule has 0 saturated heterocycles. The van der Waals surface area contributed by atoms with Crippen LogP contribution in [0.1, 0.15) is 48.0 Å². The van der Waals surface area contributed by atoms with E-state index in [2.05, 4.69) is 10.3 Å². The van der Waals surface area contributed by atoms with Crippen molar-refractivity contribution in [3.05, 3.63) is 29.6 Å². The molecule has 4 nitrogen and oxygen atoms in total. The van der Waals surface area contributed by atoms with E-state index >= 15 is 0 Å². The molecule has 2 rings (SSSR count). The fraction of sp³-hybridized carbons (Fsp3) is 0.533. The van der Waals surface area contributed by atoms with E-state index in [1.165, 1.54) is 19.3 Å². The number of aromatic nitrogens is 1. The zero-order chi connectivity index (χ0) is 14.5. The zero-order valence-electron chi connectivity index (χ0n) is 11.8. The van der Waals surface area contributed by atoms with E-state index in [-0.39, 0.29) is 11.9 Å². The Bertz CT molecular complexity index is 498. The molecule has 0 bridgehead atoms. The van der Waals surface area contributed by atoms with Gasteiger partial charge in [0.2, 0.25) is 0 Å². The fourth-order valence-corrected chi connectivity index (χ4v) is 3.04. The molecule has 20 heavy (non-hydrogen) atoms. The van der Waals surface area contributed by atoms with Gasteiger partial charge >= 0.3 is 0 Å². The molecule has 0 aromatic carbocycles. The summed E-state index contributed by atoms with van der Waals surface area (Å²) in [6.45, 7) is 1.91. The number of nitrogens with zero attached hydrogens (tertiary/aromatic N) is 1. The van der Waals surface area contributed by atoms with Crippen LogP contribution in [0.25, 0.3) is 0 Å². The number of nitrogens with two attached hydrogens (primary N) is 1. The van der Waals surface area contributed by atoms with E-state index in [0.29, 0.717) is 16.5 Å². The lowest BCUT2D eigenvalue weighted by atomic mass is 9.83. The number of hydrogen-bond acceptors (Lipinski definition) is 3. The molecular weight excluding hydrogens is 270 g/mol. The van der Waals surface area contributed by atoms with E-state index < -0.39 is 0 Å². The second-order valence-electron chi connectivity index (χ2n) is 5.50. The molecule has 3 N–H and O–H groups in total. The van der Waals surface area contributed by atoms with Crippen molar-refractivity contribution in [3.63, 3.8) is 0 Å². The normalized spacial score (nSPS) is 17.4. The van der Waals surface area contributed by atoms with E-state index in [1.807, 2.05) is 13.0 Å². The minimum absolute atomic E-state index is 0.149. The van der Waals surface area contributed by atoms with Gasteiger partial charge in [-0.1, -0.05) is 31.5 Å². The van der Waals surface area contributed by atoms with Crippen molar-refractivity contribution in [1.29, 1.82) is 0 Å².